The maximum absolute atomic E-state index is 13.0. The van der Waals surface area contributed by atoms with Crippen molar-refractivity contribution >= 4 is 23.1 Å². The first-order chi connectivity index (χ1) is 8.66. The number of ketones is 1. The van der Waals surface area contributed by atoms with Gasteiger partial charge in [0.1, 0.15) is 5.82 Å². The molecule has 1 N–H and O–H groups in total. The lowest BCUT2D eigenvalue weighted by Crippen LogP contribution is -2.14. The van der Waals surface area contributed by atoms with Crippen LogP contribution in [0.4, 0.5) is 10.1 Å². The maximum Gasteiger partial charge on any atom is 0.183 e. The summed E-state index contributed by atoms with van der Waals surface area (Å²) in [6, 6.07) is 13.1. The molecule has 0 heterocycles. The summed E-state index contributed by atoms with van der Waals surface area (Å²) >= 11 is 5.86. The lowest BCUT2D eigenvalue weighted by atomic mass is 10.1. The van der Waals surface area contributed by atoms with Gasteiger partial charge in [0.25, 0.3) is 0 Å². The van der Waals surface area contributed by atoms with Crippen LogP contribution in [-0.4, -0.2) is 12.3 Å². The number of carbonyl (C=O) groups is 1. The quantitative estimate of drug-likeness (QED) is 0.851. The molecule has 0 spiro atoms. The van der Waals surface area contributed by atoms with E-state index in [1.165, 1.54) is 12.1 Å². The summed E-state index contributed by atoms with van der Waals surface area (Å²) in [6.45, 7) is 0.0766. The van der Waals surface area contributed by atoms with Crippen molar-refractivity contribution in [2.24, 2.45) is 0 Å². The van der Waals surface area contributed by atoms with Gasteiger partial charge < -0.3 is 5.32 Å². The van der Waals surface area contributed by atoms with Crippen molar-refractivity contribution in [1.29, 1.82) is 0 Å². The van der Waals surface area contributed by atoms with Crippen molar-refractivity contribution in [3.63, 3.8) is 0 Å². The fraction of sp³-hybridized carbons (Fsp3) is 0.0714. The fourth-order valence-electron chi connectivity index (χ4n) is 1.54. The number of rotatable bonds is 4. The third kappa shape index (κ3) is 3.08. The van der Waals surface area contributed by atoms with Gasteiger partial charge in [-0.25, -0.2) is 4.39 Å². The lowest BCUT2D eigenvalue weighted by molar-refractivity contribution is 0.101. The minimum absolute atomic E-state index is 0.0766. The van der Waals surface area contributed by atoms with E-state index in [2.05, 4.69) is 5.32 Å². The Balaban J connectivity index is 2.06. The molecule has 0 atom stereocenters. The van der Waals surface area contributed by atoms with Crippen LogP contribution in [0.3, 0.4) is 0 Å². The molecule has 0 aliphatic rings. The predicted octanol–water partition coefficient (Wildman–Crippen LogP) is 3.77. The highest BCUT2D eigenvalue weighted by molar-refractivity contribution is 6.34. The van der Waals surface area contributed by atoms with Crippen LogP contribution in [0.15, 0.2) is 48.5 Å². The Morgan fingerprint density at radius 3 is 2.61 bits per heavy atom. The zero-order valence-electron chi connectivity index (χ0n) is 9.49. The van der Waals surface area contributed by atoms with Gasteiger partial charge in [-0.2, -0.15) is 0 Å². The first kappa shape index (κ1) is 12.6. The molecule has 0 saturated carbocycles. The number of halogens is 2. The number of benzene rings is 2. The molecule has 4 heteroatoms. The van der Waals surface area contributed by atoms with Gasteiger partial charge in [-0.3, -0.25) is 4.79 Å². The molecular weight excluding hydrogens is 253 g/mol. The van der Waals surface area contributed by atoms with E-state index < -0.39 is 5.82 Å². The number of nitrogens with one attached hydrogen (secondary N) is 1. The molecule has 92 valence electrons. The van der Waals surface area contributed by atoms with Gasteiger partial charge in [0.05, 0.1) is 11.6 Å². The monoisotopic (exact) mass is 263 g/mol. The van der Waals surface area contributed by atoms with Crippen LogP contribution in [0.2, 0.25) is 5.02 Å². The van der Waals surface area contributed by atoms with Gasteiger partial charge >= 0.3 is 0 Å². The molecule has 0 aromatic heterocycles. The smallest absolute Gasteiger partial charge is 0.183 e. The zero-order chi connectivity index (χ0) is 13.0. The van der Waals surface area contributed by atoms with Gasteiger partial charge in [-0.1, -0.05) is 29.8 Å². The minimum Gasteiger partial charge on any atom is -0.378 e. The molecule has 0 amide bonds. The van der Waals surface area contributed by atoms with Crippen molar-refractivity contribution in [2.75, 3.05) is 11.9 Å². The zero-order valence-corrected chi connectivity index (χ0v) is 10.2. The van der Waals surface area contributed by atoms with Crippen molar-refractivity contribution < 1.29 is 9.18 Å². The number of hydrogen-bond acceptors (Lipinski definition) is 2. The summed E-state index contributed by atoms with van der Waals surface area (Å²) in [5.74, 6) is -0.717. The summed E-state index contributed by atoms with van der Waals surface area (Å²) in [6.07, 6.45) is 0. The van der Waals surface area contributed by atoms with Crippen molar-refractivity contribution in [2.45, 2.75) is 0 Å². The highest BCUT2D eigenvalue weighted by Gasteiger charge is 2.11. The first-order valence-electron chi connectivity index (χ1n) is 5.44. The van der Waals surface area contributed by atoms with Crippen LogP contribution < -0.4 is 5.32 Å². The molecule has 0 unspecified atom stereocenters. The second-order valence-corrected chi connectivity index (χ2v) is 4.17. The largest absolute Gasteiger partial charge is 0.378 e. The molecule has 0 fully saturated rings. The van der Waals surface area contributed by atoms with E-state index in [4.69, 9.17) is 11.6 Å². The molecule has 0 bridgehead atoms. The minimum atomic E-state index is -0.470. The molecule has 0 aliphatic heterocycles. The topological polar surface area (TPSA) is 29.1 Å². The third-order valence-electron chi connectivity index (χ3n) is 2.46. The normalized spacial score (nSPS) is 10.1. The molecule has 2 rings (SSSR count). The molecule has 2 nitrogen and oxygen atoms in total. The standard InChI is InChI=1S/C14H11ClFNO/c15-13-7-6-10(16)8-12(13)14(18)9-17-11-4-2-1-3-5-11/h1-8,17H,9H2. The van der Waals surface area contributed by atoms with E-state index in [0.717, 1.165) is 11.8 Å². The average molecular weight is 264 g/mol. The molecule has 2 aromatic carbocycles. The Hall–Kier alpha value is -1.87. The van der Waals surface area contributed by atoms with Gasteiger partial charge in [0.15, 0.2) is 5.78 Å². The SMILES string of the molecule is O=C(CNc1ccccc1)c1cc(F)ccc1Cl. The Kier molecular flexibility index (Phi) is 3.95. The van der Waals surface area contributed by atoms with Gasteiger partial charge in [-0.15, -0.1) is 0 Å². The number of anilines is 1. The van der Waals surface area contributed by atoms with Crippen LogP contribution in [0.5, 0.6) is 0 Å². The predicted molar refractivity (Wildman–Crippen MR) is 70.7 cm³/mol. The second kappa shape index (κ2) is 5.65. The molecular formula is C14H11ClFNO. The van der Waals surface area contributed by atoms with E-state index >= 15 is 0 Å². The van der Waals surface area contributed by atoms with Crippen LogP contribution in [0.1, 0.15) is 10.4 Å². The van der Waals surface area contributed by atoms with Crippen LogP contribution in [0, 0.1) is 5.82 Å². The number of Topliss-reactive ketones (excluding diaryl/α,β-unsaturated/α-hetero) is 1. The first-order valence-corrected chi connectivity index (χ1v) is 5.82. The Morgan fingerprint density at radius 2 is 1.89 bits per heavy atom. The van der Waals surface area contributed by atoms with Crippen LogP contribution >= 0.6 is 11.6 Å². The average Bonchev–Trinajstić information content (AvgIpc) is 2.40. The van der Waals surface area contributed by atoms with Gasteiger partial charge in [-0.05, 0) is 30.3 Å². The second-order valence-electron chi connectivity index (χ2n) is 3.77. The number of para-hydroxylation sites is 1. The lowest BCUT2D eigenvalue weighted by Gasteiger charge is -2.06. The van der Waals surface area contributed by atoms with Gasteiger partial charge in [0, 0.05) is 11.3 Å². The number of carbonyl (C=O) groups excluding carboxylic acids is 1. The molecule has 0 saturated heterocycles. The fourth-order valence-corrected chi connectivity index (χ4v) is 1.77. The summed E-state index contributed by atoms with van der Waals surface area (Å²) in [5.41, 5.74) is 1.03. The van der Waals surface area contributed by atoms with Crippen molar-refractivity contribution in [3.8, 4) is 0 Å². The van der Waals surface area contributed by atoms with E-state index in [1.54, 1.807) is 0 Å². The summed E-state index contributed by atoms with van der Waals surface area (Å²) in [5, 5.41) is 3.22. The Morgan fingerprint density at radius 1 is 1.17 bits per heavy atom. The number of hydrogen-bond donors (Lipinski definition) is 1. The highest BCUT2D eigenvalue weighted by atomic mass is 35.5. The maximum atomic E-state index is 13.0. The summed E-state index contributed by atoms with van der Waals surface area (Å²) in [4.78, 5) is 11.9. The molecule has 2 aromatic rings. The summed E-state index contributed by atoms with van der Waals surface area (Å²) < 4.78 is 13.0. The van der Waals surface area contributed by atoms with E-state index in [0.29, 0.717) is 0 Å². The highest BCUT2D eigenvalue weighted by Crippen LogP contribution is 2.18. The van der Waals surface area contributed by atoms with Crippen LogP contribution in [-0.2, 0) is 0 Å². The van der Waals surface area contributed by atoms with Crippen molar-refractivity contribution in [1.82, 2.24) is 0 Å². The molecule has 0 radical (unpaired) electrons. The van der Waals surface area contributed by atoms with E-state index in [9.17, 15) is 9.18 Å². The van der Waals surface area contributed by atoms with Gasteiger partial charge in [0.2, 0.25) is 0 Å². The van der Waals surface area contributed by atoms with E-state index in [1.807, 2.05) is 30.3 Å². The molecule has 0 aliphatic carbocycles. The summed E-state index contributed by atoms with van der Waals surface area (Å²) in [7, 11) is 0. The van der Waals surface area contributed by atoms with Crippen molar-refractivity contribution in [3.05, 3.63) is 64.9 Å². The Bertz CT molecular complexity index is 557. The molecule has 18 heavy (non-hydrogen) atoms. The third-order valence-corrected chi connectivity index (χ3v) is 2.79. The van der Waals surface area contributed by atoms with E-state index in [-0.39, 0.29) is 22.9 Å². The van der Waals surface area contributed by atoms with Crippen LogP contribution in [0.25, 0.3) is 0 Å². The Labute approximate surface area is 109 Å².